The van der Waals surface area contributed by atoms with Crippen molar-refractivity contribution in [3.05, 3.63) is 66.7 Å². The summed E-state index contributed by atoms with van der Waals surface area (Å²) in [6, 6.07) is 17.1. The molecule has 0 heterocycles. The van der Waals surface area contributed by atoms with Crippen molar-refractivity contribution >= 4 is 11.8 Å². The standard InChI is InChI=1S/C19H18S/c1-3-5-15-20-19-13-11-18(12-14-19)17-9-7-16(6-4-2)8-10-17/h3,7-14H,1,5,15H2,2H3. The first kappa shape index (κ1) is 14.5. The summed E-state index contributed by atoms with van der Waals surface area (Å²) in [7, 11) is 0. The minimum Gasteiger partial charge on any atom is -0.126 e. The maximum Gasteiger partial charge on any atom is 0.0245 e. The van der Waals surface area contributed by atoms with E-state index >= 15 is 0 Å². The molecule has 2 rings (SSSR count). The molecule has 0 atom stereocenters. The van der Waals surface area contributed by atoms with Crippen molar-refractivity contribution < 1.29 is 0 Å². The molecule has 100 valence electrons. The van der Waals surface area contributed by atoms with Crippen LogP contribution >= 0.6 is 11.8 Å². The summed E-state index contributed by atoms with van der Waals surface area (Å²) < 4.78 is 0. The zero-order chi connectivity index (χ0) is 14.2. The maximum atomic E-state index is 3.74. The molecule has 0 bridgehead atoms. The van der Waals surface area contributed by atoms with Gasteiger partial charge < -0.3 is 0 Å². The number of thioether (sulfide) groups is 1. The van der Waals surface area contributed by atoms with Gasteiger partial charge in [-0.3, -0.25) is 0 Å². The van der Waals surface area contributed by atoms with Crippen LogP contribution in [0.5, 0.6) is 0 Å². The van der Waals surface area contributed by atoms with Crippen molar-refractivity contribution in [1.29, 1.82) is 0 Å². The molecule has 20 heavy (non-hydrogen) atoms. The highest BCUT2D eigenvalue weighted by atomic mass is 32.2. The van der Waals surface area contributed by atoms with Crippen LogP contribution in [0.15, 0.2) is 66.1 Å². The van der Waals surface area contributed by atoms with E-state index in [-0.39, 0.29) is 0 Å². The average Bonchev–Trinajstić information content (AvgIpc) is 2.49. The molecule has 0 spiro atoms. The van der Waals surface area contributed by atoms with Gasteiger partial charge >= 0.3 is 0 Å². The Bertz CT molecular complexity index is 610. The van der Waals surface area contributed by atoms with Crippen LogP contribution in [0.3, 0.4) is 0 Å². The van der Waals surface area contributed by atoms with Crippen molar-refractivity contribution in [3.63, 3.8) is 0 Å². The quantitative estimate of drug-likeness (QED) is 0.306. The molecule has 0 N–H and O–H groups in total. The van der Waals surface area contributed by atoms with Crippen LogP contribution in [0.1, 0.15) is 18.9 Å². The lowest BCUT2D eigenvalue weighted by molar-refractivity contribution is 1.24. The Hall–Kier alpha value is -1.91. The van der Waals surface area contributed by atoms with Gasteiger partial charge in [-0.25, -0.2) is 0 Å². The second-order valence-corrected chi connectivity index (χ2v) is 5.57. The summed E-state index contributed by atoms with van der Waals surface area (Å²) in [4.78, 5) is 1.31. The smallest absolute Gasteiger partial charge is 0.0245 e. The average molecular weight is 278 g/mol. The molecule has 0 aromatic heterocycles. The van der Waals surface area contributed by atoms with Gasteiger partial charge in [0.15, 0.2) is 0 Å². The molecule has 0 fully saturated rings. The summed E-state index contributed by atoms with van der Waals surface area (Å²) in [5.41, 5.74) is 3.54. The van der Waals surface area contributed by atoms with E-state index in [1.54, 1.807) is 0 Å². The number of allylic oxidation sites excluding steroid dienone is 1. The van der Waals surface area contributed by atoms with E-state index in [0.29, 0.717) is 0 Å². The van der Waals surface area contributed by atoms with E-state index in [0.717, 1.165) is 17.7 Å². The molecular formula is C19H18S. The Balaban J connectivity index is 2.08. The summed E-state index contributed by atoms with van der Waals surface area (Å²) in [6.07, 6.45) is 3.01. The van der Waals surface area contributed by atoms with Crippen LogP contribution in [0, 0.1) is 11.8 Å². The van der Waals surface area contributed by atoms with E-state index < -0.39 is 0 Å². The van der Waals surface area contributed by atoms with Crippen molar-refractivity contribution in [3.8, 4) is 23.0 Å². The van der Waals surface area contributed by atoms with E-state index in [4.69, 9.17) is 0 Å². The monoisotopic (exact) mass is 278 g/mol. The van der Waals surface area contributed by atoms with Gasteiger partial charge in [-0.15, -0.1) is 24.3 Å². The zero-order valence-corrected chi connectivity index (χ0v) is 12.5. The molecule has 0 unspecified atom stereocenters. The minimum absolute atomic E-state index is 1.05. The highest BCUT2D eigenvalue weighted by molar-refractivity contribution is 7.99. The van der Waals surface area contributed by atoms with Gasteiger partial charge in [0.25, 0.3) is 0 Å². The van der Waals surface area contributed by atoms with Gasteiger partial charge in [0.05, 0.1) is 0 Å². The van der Waals surface area contributed by atoms with Gasteiger partial charge in [-0.2, -0.15) is 0 Å². The Morgan fingerprint density at radius 2 is 1.60 bits per heavy atom. The van der Waals surface area contributed by atoms with Gasteiger partial charge in [-0.1, -0.05) is 36.3 Å². The van der Waals surface area contributed by atoms with Crippen molar-refractivity contribution in [2.45, 2.75) is 18.2 Å². The molecule has 0 saturated carbocycles. The van der Waals surface area contributed by atoms with Crippen LogP contribution in [0.4, 0.5) is 0 Å². The predicted octanol–water partition coefficient (Wildman–Crippen LogP) is 5.39. The lowest BCUT2D eigenvalue weighted by Crippen LogP contribution is -1.81. The van der Waals surface area contributed by atoms with Crippen molar-refractivity contribution in [2.24, 2.45) is 0 Å². The SMILES string of the molecule is C=CCCSc1ccc(-c2ccc(C#CC)cc2)cc1. The van der Waals surface area contributed by atoms with Crippen LogP contribution in [-0.4, -0.2) is 5.75 Å². The number of benzene rings is 2. The predicted molar refractivity (Wildman–Crippen MR) is 90.0 cm³/mol. The third kappa shape index (κ3) is 4.05. The molecule has 0 nitrogen and oxygen atoms in total. The summed E-state index contributed by atoms with van der Waals surface area (Å²) >= 11 is 1.87. The Morgan fingerprint density at radius 3 is 2.15 bits per heavy atom. The van der Waals surface area contributed by atoms with Crippen molar-refractivity contribution in [2.75, 3.05) is 5.75 Å². The normalized spacial score (nSPS) is 9.65. The summed E-state index contributed by atoms with van der Waals surface area (Å²) in [5, 5.41) is 0. The fourth-order valence-corrected chi connectivity index (χ4v) is 2.74. The Kier molecular flexibility index (Phi) is 5.53. The van der Waals surface area contributed by atoms with Gasteiger partial charge in [-0.05, 0) is 48.7 Å². The molecular weight excluding hydrogens is 260 g/mol. The molecule has 0 radical (unpaired) electrons. The largest absolute Gasteiger partial charge is 0.126 e. The van der Waals surface area contributed by atoms with E-state index in [9.17, 15) is 0 Å². The van der Waals surface area contributed by atoms with Gasteiger partial charge in [0, 0.05) is 16.2 Å². The second kappa shape index (κ2) is 7.62. The number of rotatable bonds is 5. The lowest BCUT2D eigenvalue weighted by atomic mass is 10.0. The lowest BCUT2D eigenvalue weighted by Gasteiger charge is -2.04. The molecule has 0 saturated heterocycles. The summed E-state index contributed by atoms with van der Waals surface area (Å²) in [6.45, 7) is 5.60. The van der Waals surface area contributed by atoms with Gasteiger partial charge in [0.2, 0.25) is 0 Å². The third-order valence-electron chi connectivity index (χ3n) is 2.93. The first-order valence-electron chi connectivity index (χ1n) is 6.70. The van der Waals surface area contributed by atoms with Crippen LogP contribution in [0.2, 0.25) is 0 Å². The van der Waals surface area contributed by atoms with Crippen LogP contribution < -0.4 is 0 Å². The number of hydrogen-bond donors (Lipinski definition) is 0. The topological polar surface area (TPSA) is 0 Å². The number of hydrogen-bond acceptors (Lipinski definition) is 1. The first-order valence-corrected chi connectivity index (χ1v) is 7.69. The Labute approximate surface area is 125 Å². The highest BCUT2D eigenvalue weighted by Gasteiger charge is 1.98. The minimum atomic E-state index is 1.05. The van der Waals surface area contributed by atoms with E-state index in [1.807, 2.05) is 24.8 Å². The first-order chi connectivity index (χ1) is 9.83. The van der Waals surface area contributed by atoms with Gasteiger partial charge in [0.1, 0.15) is 0 Å². The van der Waals surface area contributed by atoms with Crippen LogP contribution in [-0.2, 0) is 0 Å². The van der Waals surface area contributed by atoms with E-state index in [1.165, 1.54) is 16.0 Å². The fraction of sp³-hybridized carbons (Fsp3) is 0.158. The van der Waals surface area contributed by atoms with Crippen molar-refractivity contribution in [1.82, 2.24) is 0 Å². The molecule has 2 aromatic rings. The second-order valence-electron chi connectivity index (χ2n) is 4.40. The van der Waals surface area contributed by atoms with E-state index in [2.05, 4.69) is 67.0 Å². The Morgan fingerprint density at radius 1 is 1.00 bits per heavy atom. The zero-order valence-electron chi connectivity index (χ0n) is 11.7. The van der Waals surface area contributed by atoms with Crippen LogP contribution in [0.25, 0.3) is 11.1 Å². The molecule has 0 amide bonds. The molecule has 0 aliphatic heterocycles. The third-order valence-corrected chi connectivity index (χ3v) is 3.98. The molecule has 0 aliphatic carbocycles. The maximum absolute atomic E-state index is 3.74. The molecule has 0 aliphatic rings. The fourth-order valence-electron chi connectivity index (χ4n) is 1.89. The molecule has 1 heteroatoms. The molecule has 2 aromatic carbocycles. The summed E-state index contributed by atoms with van der Waals surface area (Å²) in [5.74, 6) is 7.07. The highest BCUT2D eigenvalue weighted by Crippen LogP contribution is 2.24.